The summed E-state index contributed by atoms with van der Waals surface area (Å²) in [5.74, 6) is 1.02. The van der Waals surface area contributed by atoms with Crippen LogP contribution < -0.4 is 5.73 Å². The Morgan fingerprint density at radius 3 is 2.74 bits per heavy atom. The fraction of sp³-hybridized carbons (Fsp3) is 0.286. The van der Waals surface area contributed by atoms with Crippen LogP contribution in [0.5, 0.6) is 0 Å². The van der Waals surface area contributed by atoms with Gasteiger partial charge in [0.1, 0.15) is 11.6 Å². The molecule has 0 radical (unpaired) electrons. The van der Waals surface area contributed by atoms with Crippen molar-refractivity contribution in [1.29, 1.82) is 0 Å². The summed E-state index contributed by atoms with van der Waals surface area (Å²) in [7, 11) is 0. The predicted octanol–water partition coefficient (Wildman–Crippen LogP) is 3.24. The number of aromatic nitrogens is 2. The summed E-state index contributed by atoms with van der Waals surface area (Å²) >= 11 is 1.39. The van der Waals surface area contributed by atoms with E-state index in [0.717, 1.165) is 11.3 Å². The molecule has 2 rings (SSSR count). The summed E-state index contributed by atoms with van der Waals surface area (Å²) < 4.78 is 13.5. The fourth-order valence-corrected chi connectivity index (χ4v) is 2.55. The molecule has 2 N–H and O–H groups in total. The summed E-state index contributed by atoms with van der Waals surface area (Å²) in [4.78, 5) is 9.29. The van der Waals surface area contributed by atoms with Crippen molar-refractivity contribution in [3.05, 3.63) is 53.4 Å². The largest absolute Gasteiger partial charge is 0.324 e. The molecule has 0 aliphatic heterocycles. The highest BCUT2D eigenvalue weighted by Crippen LogP contribution is 2.24. The molecule has 0 fully saturated rings. The van der Waals surface area contributed by atoms with Crippen molar-refractivity contribution in [2.24, 2.45) is 5.73 Å². The van der Waals surface area contributed by atoms with Crippen LogP contribution in [0.3, 0.4) is 0 Å². The van der Waals surface area contributed by atoms with Crippen molar-refractivity contribution in [3.63, 3.8) is 0 Å². The normalized spacial score (nSPS) is 12.4. The summed E-state index contributed by atoms with van der Waals surface area (Å²) in [5, 5.41) is 0. The first kappa shape index (κ1) is 14.0. The number of nitrogens with zero attached hydrogens (tertiary/aromatic N) is 2. The molecule has 0 spiro atoms. The molecule has 1 atom stereocenters. The predicted molar refractivity (Wildman–Crippen MR) is 75.3 cm³/mol. The van der Waals surface area contributed by atoms with Crippen molar-refractivity contribution in [2.45, 2.75) is 30.5 Å². The Kier molecular flexibility index (Phi) is 4.50. The minimum absolute atomic E-state index is 0.0757. The zero-order valence-electron chi connectivity index (χ0n) is 10.9. The molecule has 2 aromatic rings. The van der Waals surface area contributed by atoms with Crippen LogP contribution in [-0.4, -0.2) is 9.97 Å². The average Bonchev–Trinajstić information content (AvgIpc) is 2.37. The highest BCUT2D eigenvalue weighted by atomic mass is 32.2. The molecule has 3 nitrogen and oxygen atoms in total. The molecule has 1 unspecified atom stereocenters. The third-order valence-corrected chi connectivity index (χ3v) is 3.80. The summed E-state index contributed by atoms with van der Waals surface area (Å²) in [6, 6.07) is 6.62. The van der Waals surface area contributed by atoms with E-state index in [0.29, 0.717) is 16.5 Å². The first-order valence-corrected chi connectivity index (χ1v) is 7.02. The molecule has 100 valence electrons. The third-order valence-electron chi connectivity index (χ3n) is 2.75. The number of benzene rings is 1. The molecular formula is C14H16FN3S. The maximum Gasteiger partial charge on any atom is 0.138 e. The van der Waals surface area contributed by atoms with Gasteiger partial charge >= 0.3 is 0 Å². The van der Waals surface area contributed by atoms with E-state index in [1.807, 2.05) is 19.9 Å². The molecule has 0 bridgehead atoms. The minimum atomic E-state index is -0.212. The summed E-state index contributed by atoms with van der Waals surface area (Å²) in [6.45, 7) is 3.82. The van der Waals surface area contributed by atoms with Gasteiger partial charge in [0.15, 0.2) is 0 Å². The Bertz CT molecular complexity index is 572. The Labute approximate surface area is 116 Å². The first-order chi connectivity index (χ1) is 9.08. The Morgan fingerprint density at radius 1 is 1.37 bits per heavy atom. The van der Waals surface area contributed by atoms with E-state index >= 15 is 0 Å². The molecule has 0 aliphatic carbocycles. The van der Waals surface area contributed by atoms with E-state index in [9.17, 15) is 4.39 Å². The Morgan fingerprint density at radius 2 is 2.11 bits per heavy atom. The van der Waals surface area contributed by atoms with Crippen LogP contribution in [0, 0.1) is 12.7 Å². The number of thioether (sulfide) groups is 1. The van der Waals surface area contributed by atoms with Crippen molar-refractivity contribution < 1.29 is 4.39 Å². The molecule has 5 heteroatoms. The molecule has 0 amide bonds. The van der Waals surface area contributed by atoms with Crippen LogP contribution >= 0.6 is 11.8 Å². The van der Waals surface area contributed by atoms with Crippen LogP contribution in [-0.2, 0) is 5.75 Å². The van der Waals surface area contributed by atoms with E-state index < -0.39 is 0 Å². The lowest BCUT2D eigenvalue weighted by molar-refractivity contribution is 0.602. The molecular weight excluding hydrogens is 261 g/mol. The van der Waals surface area contributed by atoms with Crippen LogP contribution in [0.1, 0.15) is 30.0 Å². The van der Waals surface area contributed by atoms with E-state index in [1.165, 1.54) is 17.8 Å². The van der Waals surface area contributed by atoms with Gasteiger partial charge in [-0.15, -0.1) is 11.8 Å². The lowest BCUT2D eigenvalue weighted by Gasteiger charge is -2.09. The molecule has 0 aliphatic rings. The number of aryl methyl sites for hydroxylation is 1. The van der Waals surface area contributed by atoms with Gasteiger partial charge in [-0.05, 0) is 26.0 Å². The molecule has 19 heavy (non-hydrogen) atoms. The Balaban J connectivity index is 2.08. The van der Waals surface area contributed by atoms with E-state index in [2.05, 4.69) is 9.97 Å². The van der Waals surface area contributed by atoms with Gasteiger partial charge in [-0.1, -0.05) is 12.1 Å². The minimum Gasteiger partial charge on any atom is -0.324 e. The summed E-state index contributed by atoms with van der Waals surface area (Å²) in [5.41, 5.74) is 7.64. The van der Waals surface area contributed by atoms with Crippen molar-refractivity contribution in [2.75, 3.05) is 0 Å². The monoisotopic (exact) mass is 277 g/mol. The number of hydrogen-bond acceptors (Lipinski definition) is 4. The number of hydrogen-bond donors (Lipinski definition) is 1. The zero-order chi connectivity index (χ0) is 13.8. The van der Waals surface area contributed by atoms with E-state index in [1.54, 1.807) is 18.3 Å². The molecule has 0 saturated heterocycles. The molecule has 1 aromatic carbocycles. The van der Waals surface area contributed by atoms with Gasteiger partial charge in [0.25, 0.3) is 0 Å². The van der Waals surface area contributed by atoms with Gasteiger partial charge in [0.2, 0.25) is 0 Å². The smallest absolute Gasteiger partial charge is 0.138 e. The number of rotatable bonds is 4. The van der Waals surface area contributed by atoms with Gasteiger partial charge in [0.05, 0.1) is 5.75 Å². The topological polar surface area (TPSA) is 51.8 Å². The lowest BCUT2D eigenvalue weighted by Crippen LogP contribution is -2.10. The van der Waals surface area contributed by atoms with E-state index in [4.69, 9.17) is 5.73 Å². The maximum absolute atomic E-state index is 13.5. The second-order valence-corrected chi connectivity index (χ2v) is 5.35. The number of halogens is 1. The third kappa shape index (κ3) is 3.52. The summed E-state index contributed by atoms with van der Waals surface area (Å²) in [6.07, 6.45) is 1.75. The van der Waals surface area contributed by atoms with Crippen LogP contribution in [0.15, 0.2) is 35.4 Å². The second-order valence-electron chi connectivity index (χ2n) is 4.33. The highest BCUT2D eigenvalue weighted by molar-refractivity contribution is 7.98. The lowest BCUT2D eigenvalue weighted by atomic mass is 10.1. The van der Waals surface area contributed by atoms with Crippen molar-refractivity contribution in [1.82, 2.24) is 9.97 Å². The second kappa shape index (κ2) is 6.12. The van der Waals surface area contributed by atoms with Gasteiger partial charge in [-0.2, -0.15) is 0 Å². The van der Waals surface area contributed by atoms with Gasteiger partial charge in [-0.3, -0.25) is 0 Å². The van der Waals surface area contributed by atoms with Crippen molar-refractivity contribution in [3.8, 4) is 0 Å². The standard InChI is InChI=1S/C14H16FN3S/c1-9(16)11-7-17-14(18-10(11)2)8-19-13-6-4-3-5-12(13)15/h3-7,9H,8,16H2,1-2H3. The quantitative estimate of drug-likeness (QED) is 0.872. The van der Waals surface area contributed by atoms with Crippen LogP contribution in [0.2, 0.25) is 0 Å². The van der Waals surface area contributed by atoms with Gasteiger partial charge in [-0.25, -0.2) is 14.4 Å². The zero-order valence-corrected chi connectivity index (χ0v) is 11.7. The van der Waals surface area contributed by atoms with Gasteiger partial charge < -0.3 is 5.73 Å². The molecule has 0 saturated carbocycles. The molecule has 1 heterocycles. The van der Waals surface area contributed by atoms with Crippen molar-refractivity contribution >= 4 is 11.8 Å². The van der Waals surface area contributed by atoms with Crippen LogP contribution in [0.25, 0.3) is 0 Å². The first-order valence-electron chi connectivity index (χ1n) is 6.03. The molecule has 1 aromatic heterocycles. The SMILES string of the molecule is Cc1nc(CSc2ccccc2F)ncc1C(C)N. The fourth-order valence-electron chi connectivity index (χ4n) is 1.75. The Hall–Kier alpha value is -1.46. The highest BCUT2D eigenvalue weighted by Gasteiger charge is 2.08. The van der Waals surface area contributed by atoms with Crippen LogP contribution in [0.4, 0.5) is 4.39 Å². The maximum atomic E-state index is 13.5. The van der Waals surface area contributed by atoms with Gasteiger partial charge in [0, 0.05) is 28.4 Å². The van der Waals surface area contributed by atoms with E-state index in [-0.39, 0.29) is 11.9 Å². The average molecular weight is 277 g/mol. The number of nitrogens with two attached hydrogens (primary N) is 1.